The lowest BCUT2D eigenvalue weighted by molar-refractivity contribution is 0.157. The first-order chi connectivity index (χ1) is 6.22. The van der Waals surface area contributed by atoms with Crippen LogP contribution in [0.5, 0.6) is 0 Å². The van der Waals surface area contributed by atoms with Crippen molar-refractivity contribution in [2.24, 2.45) is 0 Å². The Labute approximate surface area is 80.0 Å². The minimum absolute atomic E-state index is 0.182. The van der Waals surface area contributed by atoms with Crippen LogP contribution in [0.3, 0.4) is 0 Å². The zero-order valence-corrected chi connectivity index (χ0v) is 8.45. The second-order valence-corrected chi connectivity index (χ2v) is 3.21. The first-order valence-electron chi connectivity index (χ1n) is 4.50. The third-order valence-electron chi connectivity index (χ3n) is 2.01. The summed E-state index contributed by atoms with van der Waals surface area (Å²) in [7, 11) is 1.71. The van der Waals surface area contributed by atoms with Crippen LogP contribution < -0.4 is 0 Å². The maximum atomic E-state index is 5.11. The van der Waals surface area contributed by atoms with Gasteiger partial charge in [-0.05, 0) is 19.4 Å². The monoisotopic (exact) mass is 176 g/mol. The van der Waals surface area contributed by atoms with Crippen molar-refractivity contribution < 1.29 is 4.74 Å². The third-order valence-corrected chi connectivity index (χ3v) is 2.01. The van der Waals surface area contributed by atoms with Crippen LogP contribution in [-0.4, -0.2) is 13.2 Å². The van der Waals surface area contributed by atoms with E-state index in [1.807, 2.05) is 13.0 Å². The van der Waals surface area contributed by atoms with E-state index in [4.69, 9.17) is 4.74 Å². The van der Waals surface area contributed by atoms with Crippen molar-refractivity contribution >= 4 is 6.08 Å². The predicted octanol–water partition coefficient (Wildman–Crippen LogP) is 3.04. The fourth-order valence-corrected chi connectivity index (χ4v) is 1.00. The highest BCUT2D eigenvalue weighted by Gasteiger charge is 1.91. The molecule has 1 aromatic rings. The third kappa shape index (κ3) is 3.43. The summed E-state index contributed by atoms with van der Waals surface area (Å²) in [6, 6.07) is 8.43. The summed E-state index contributed by atoms with van der Waals surface area (Å²) in [5.74, 6) is 0. The van der Waals surface area contributed by atoms with Gasteiger partial charge in [-0.2, -0.15) is 0 Å². The molecule has 70 valence electrons. The SMILES string of the molecule is COC(C)C=Cc1ccc(C)cc1. The number of rotatable bonds is 3. The molecule has 1 unspecified atom stereocenters. The number of ether oxygens (including phenoxy) is 1. The highest BCUT2D eigenvalue weighted by atomic mass is 16.5. The zero-order valence-electron chi connectivity index (χ0n) is 8.45. The van der Waals surface area contributed by atoms with E-state index in [-0.39, 0.29) is 6.10 Å². The van der Waals surface area contributed by atoms with Gasteiger partial charge in [-0.25, -0.2) is 0 Å². The molecule has 0 aromatic heterocycles. The molecule has 0 aliphatic heterocycles. The number of hydrogen-bond donors (Lipinski definition) is 0. The summed E-state index contributed by atoms with van der Waals surface area (Å²) in [5, 5.41) is 0. The van der Waals surface area contributed by atoms with Crippen LogP contribution in [0.1, 0.15) is 18.1 Å². The number of hydrogen-bond acceptors (Lipinski definition) is 1. The van der Waals surface area contributed by atoms with Crippen molar-refractivity contribution in [3.8, 4) is 0 Å². The van der Waals surface area contributed by atoms with E-state index in [0.29, 0.717) is 0 Å². The fourth-order valence-electron chi connectivity index (χ4n) is 1.00. The van der Waals surface area contributed by atoms with Crippen LogP contribution in [-0.2, 0) is 4.74 Å². The molecule has 0 amide bonds. The molecule has 0 heterocycles. The summed E-state index contributed by atoms with van der Waals surface area (Å²) in [6.45, 7) is 4.11. The van der Waals surface area contributed by atoms with Crippen molar-refractivity contribution in [3.05, 3.63) is 41.5 Å². The lowest BCUT2D eigenvalue weighted by Gasteiger charge is -2.01. The van der Waals surface area contributed by atoms with Gasteiger partial charge in [0.2, 0.25) is 0 Å². The lowest BCUT2D eigenvalue weighted by atomic mass is 10.1. The standard InChI is InChI=1S/C12H16O/c1-10-4-7-12(8-5-10)9-6-11(2)13-3/h4-9,11H,1-3H3. The molecular weight excluding hydrogens is 160 g/mol. The number of methoxy groups -OCH3 is 1. The second-order valence-electron chi connectivity index (χ2n) is 3.21. The lowest BCUT2D eigenvalue weighted by Crippen LogP contribution is -1.98. The number of aryl methyl sites for hydroxylation is 1. The molecule has 0 aliphatic carbocycles. The molecule has 0 saturated heterocycles. The Morgan fingerprint density at radius 3 is 2.38 bits per heavy atom. The van der Waals surface area contributed by atoms with Gasteiger partial charge in [0.25, 0.3) is 0 Å². The van der Waals surface area contributed by atoms with E-state index < -0.39 is 0 Å². The van der Waals surface area contributed by atoms with Crippen molar-refractivity contribution in [1.29, 1.82) is 0 Å². The average Bonchev–Trinajstić information content (AvgIpc) is 2.16. The van der Waals surface area contributed by atoms with Gasteiger partial charge in [0.15, 0.2) is 0 Å². The Balaban J connectivity index is 2.64. The van der Waals surface area contributed by atoms with Gasteiger partial charge in [0.05, 0.1) is 6.10 Å². The molecule has 1 nitrogen and oxygen atoms in total. The van der Waals surface area contributed by atoms with Gasteiger partial charge in [-0.15, -0.1) is 0 Å². The Morgan fingerprint density at radius 2 is 1.85 bits per heavy atom. The van der Waals surface area contributed by atoms with Crippen LogP contribution in [0, 0.1) is 6.92 Å². The molecule has 1 rings (SSSR count). The van der Waals surface area contributed by atoms with Crippen molar-refractivity contribution in [1.82, 2.24) is 0 Å². The minimum atomic E-state index is 0.182. The topological polar surface area (TPSA) is 9.23 Å². The summed E-state index contributed by atoms with van der Waals surface area (Å²) < 4.78 is 5.11. The molecule has 0 saturated carbocycles. The van der Waals surface area contributed by atoms with E-state index in [0.717, 1.165) is 0 Å². The van der Waals surface area contributed by atoms with Crippen molar-refractivity contribution in [2.45, 2.75) is 20.0 Å². The summed E-state index contributed by atoms with van der Waals surface area (Å²) >= 11 is 0. The molecule has 1 atom stereocenters. The van der Waals surface area contributed by atoms with Crippen molar-refractivity contribution in [2.75, 3.05) is 7.11 Å². The highest BCUT2D eigenvalue weighted by molar-refractivity contribution is 5.49. The quantitative estimate of drug-likeness (QED) is 0.687. The van der Waals surface area contributed by atoms with Gasteiger partial charge < -0.3 is 4.74 Å². The van der Waals surface area contributed by atoms with E-state index in [1.165, 1.54) is 11.1 Å². The maximum Gasteiger partial charge on any atom is 0.0727 e. The molecule has 0 N–H and O–H groups in total. The van der Waals surface area contributed by atoms with E-state index in [9.17, 15) is 0 Å². The van der Waals surface area contributed by atoms with Gasteiger partial charge in [-0.3, -0.25) is 0 Å². The normalized spacial score (nSPS) is 13.5. The Hall–Kier alpha value is -1.08. The fraction of sp³-hybridized carbons (Fsp3) is 0.333. The molecule has 13 heavy (non-hydrogen) atoms. The first kappa shape index (κ1) is 10.0. The van der Waals surface area contributed by atoms with Gasteiger partial charge >= 0.3 is 0 Å². The first-order valence-corrected chi connectivity index (χ1v) is 4.50. The van der Waals surface area contributed by atoms with Gasteiger partial charge in [0.1, 0.15) is 0 Å². The van der Waals surface area contributed by atoms with Crippen LogP contribution >= 0.6 is 0 Å². The molecule has 0 bridgehead atoms. The van der Waals surface area contributed by atoms with E-state index in [1.54, 1.807) is 7.11 Å². The largest absolute Gasteiger partial charge is 0.378 e. The molecule has 0 aliphatic rings. The molecular formula is C12H16O. The maximum absolute atomic E-state index is 5.11. The number of benzene rings is 1. The average molecular weight is 176 g/mol. The van der Waals surface area contributed by atoms with E-state index >= 15 is 0 Å². The molecule has 0 fully saturated rings. The van der Waals surface area contributed by atoms with Gasteiger partial charge in [0, 0.05) is 7.11 Å². The molecule has 1 heteroatoms. The van der Waals surface area contributed by atoms with Crippen LogP contribution in [0.2, 0.25) is 0 Å². The molecule has 1 aromatic carbocycles. The van der Waals surface area contributed by atoms with Crippen molar-refractivity contribution in [3.63, 3.8) is 0 Å². The minimum Gasteiger partial charge on any atom is -0.378 e. The summed E-state index contributed by atoms with van der Waals surface area (Å²) in [4.78, 5) is 0. The predicted molar refractivity (Wildman–Crippen MR) is 56.7 cm³/mol. The van der Waals surface area contributed by atoms with Crippen LogP contribution in [0.25, 0.3) is 6.08 Å². The second kappa shape index (κ2) is 4.83. The Kier molecular flexibility index (Phi) is 3.71. The molecule has 0 radical (unpaired) electrons. The Bertz CT molecular complexity index is 272. The van der Waals surface area contributed by atoms with Gasteiger partial charge in [-0.1, -0.05) is 42.0 Å². The Morgan fingerprint density at radius 1 is 1.23 bits per heavy atom. The molecule has 0 spiro atoms. The van der Waals surface area contributed by atoms with Crippen LogP contribution in [0.4, 0.5) is 0 Å². The summed E-state index contributed by atoms with van der Waals surface area (Å²) in [6.07, 6.45) is 4.31. The van der Waals surface area contributed by atoms with E-state index in [2.05, 4.69) is 37.3 Å². The summed E-state index contributed by atoms with van der Waals surface area (Å²) in [5.41, 5.74) is 2.51. The highest BCUT2D eigenvalue weighted by Crippen LogP contribution is 2.05. The smallest absolute Gasteiger partial charge is 0.0727 e. The van der Waals surface area contributed by atoms with Crippen LogP contribution in [0.15, 0.2) is 30.3 Å². The zero-order chi connectivity index (χ0) is 9.68.